The first-order valence-corrected chi connectivity index (χ1v) is 35.1. The van der Waals surface area contributed by atoms with Crippen LogP contribution in [-0.4, -0.2) is 368 Å². The monoisotopic (exact) mass is 1580 g/mol. The molecule has 2 amide bonds. The number of fused-ring (bicyclic) bond motifs is 1. The summed E-state index contributed by atoms with van der Waals surface area (Å²) in [4.78, 5) is 121. The Morgan fingerprint density at radius 2 is 0.527 bits per heavy atom. The minimum absolute atomic E-state index is 0.0398. The lowest BCUT2D eigenvalue weighted by Gasteiger charge is -2.52. The number of rotatable bonds is 36. The van der Waals surface area contributed by atoms with E-state index in [-0.39, 0.29) is 30.9 Å². The molecule has 7 aliphatic rings. The van der Waals surface area contributed by atoms with Crippen LogP contribution < -0.4 is 0 Å². The van der Waals surface area contributed by atoms with Crippen molar-refractivity contribution in [3.63, 3.8) is 0 Å². The average Bonchev–Trinajstić information content (AvgIpc) is 1.13. The molecule has 6 saturated heterocycles. The zero-order chi connectivity index (χ0) is 80.5. The van der Waals surface area contributed by atoms with Gasteiger partial charge in [0.15, 0.2) is 68.3 Å². The molecule has 40 nitrogen and oxygen atoms in total. The highest BCUT2D eigenvalue weighted by Gasteiger charge is 2.62. The molecule has 6 fully saturated rings. The number of carbonyl (C=O) groups is 9. The van der Waals surface area contributed by atoms with Crippen molar-refractivity contribution in [2.24, 2.45) is 0 Å². The van der Waals surface area contributed by atoms with Crippen molar-refractivity contribution in [1.29, 1.82) is 0 Å². The van der Waals surface area contributed by atoms with E-state index in [1.54, 1.807) is 12.1 Å². The Bertz CT molecular complexity index is 3170. The fraction of sp³-hybridized carbons (Fsp3) is 0.786. The molecule has 110 heavy (non-hydrogen) atoms. The van der Waals surface area contributed by atoms with E-state index in [2.05, 4.69) is 0 Å². The molecule has 0 N–H and O–H groups in total. The van der Waals surface area contributed by atoms with Gasteiger partial charge in [0.2, 0.25) is 0 Å². The van der Waals surface area contributed by atoms with Gasteiger partial charge in [-0.1, -0.05) is 12.1 Å². The van der Waals surface area contributed by atoms with Crippen molar-refractivity contribution in [2.75, 3.05) is 125 Å². The van der Waals surface area contributed by atoms with Gasteiger partial charge in [0.05, 0.1) is 37.5 Å². The lowest BCUT2D eigenvalue weighted by molar-refractivity contribution is -0.400. The molecular weight excluding hydrogens is 1480 g/mol. The second kappa shape index (κ2) is 41.7. The van der Waals surface area contributed by atoms with Crippen LogP contribution in [0.4, 0.5) is 0 Å². The molecule has 1 aromatic carbocycles. The molecule has 1 aromatic rings. The second-order valence-electron chi connectivity index (χ2n) is 26.2. The summed E-state index contributed by atoms with van der Waals surface area (Å²) in [7, 11) is 17.0. The molecule has 7 aliphatic heterocycles. The van der Waals surface area contributed by atoms with E-state index in [1.165, 1.54) is 97.5 Å². The summed E-state index contributed by atoms with van der Waals surface area (Å²) in [5.41, 5.74) is 0.0797. The van der Waals surface area contributed by atoms with Crippen LogP contribution in [-0.2, 0) is 176 Å². The van der Waals surface area contributed by atoms with Crippen molar-refractivity contribution in [1.82, 2.24) is 4.90 Å². The summed E-state index contributed by atoms with van der Waals surface area (Å²) in [6.45, 7) is 4.59. The predicted molar refractivity (Wildman–Crippen MR) is 358 cm³/mol. The summed E-state index contributed by atoms with van der Waals surface area (Å²) < 4.78 is 185. The molecular formula is C70H103NO39. The zero-order valence-electron chi connectivity index (χ0n) is 64.7. The van der Waals surface area contributed by atoms with Gasteiger partial charge in [-0.3, -0.25) is 48.1 Å². The van der Waals surface area contributed by atoms with E-state index in [1.807, 2.05) is 0 Å². The van der Waals surface area contributed by atoms with Crippen LogP contribution in [0.5, 0.6) is 0 Å². The van der Waals surface area contributed by atoms with E-state index in [9.17, 15) is 43.2 Å². The van der Waals surface area contributed by atoms with Gasteiger partial charge in [0.25, 0.3) is 11.8 Å². The van der Waals surface area contributed by atoms with Gasteiger partial charge in [0.1, 0.15) is 129 Å². The fourth-order valence-corrected chi connectivity index (χ4v) is 14.6. The van der Waals surface area contributed by atoms with Crippen LogP contribution in [0.15, 0.2) is 24.3 Å². The molecule has 622 valence electrons. The molecule has 0 spiro atoms. The third-order valence-electron chi connectivity index (χ3n) is 19.1. The highest BCUT2D eigenvalue weighted by atomic mass is 16.8. The van der Waals surface area contributed by atoms with Crippen LogP contribution in [0.25, 0.3) is 0 Å². The first-order valence-electron chi connectivity index (χ1n) is 35.1. The molecule has 8 rings (SSSR count). The van der Waals surface area contributed by atoms with Gasteiger partial charge in [-0.25, -0.2) is 0 Å². The van der Waals surface area contributed by atoms with Crippen LogP contribution in [0, 0.1) is 0 Å². The predicted octanol–water partition coefficient (Wildman–Crippen LogP) is -0.952. The first kappa shape index (κ1) is 89.3. The molecule has 0 bridgehead atoms. The molecule has 0 aromatic heterocycles. The van der Waals surface area contributed by atoms with Crippen molar-refractivity contribution in [3.8, 4) is 0 Å². The largest absolute Gasteiger partial charge is 0.463 e. The number of amides is 2. The zero-order valence-corrected chi connectivity index (χ0v) is 64.7. The average molecular weight is 1580 g/mol. The third kappa shape index (κ3) is 21.0. The van der Waals surface area contributed by atoms with Crippen molar-refractivity contribution >= 4 is 53.6 Å². The highest BCUT2D eigenvalue weighted by Crippen LogP contribution is 2.42. The SMILES string of the molecule is COCC1O[C@@H](O[C@H]2C(OC)C(OC)[C@@H](O[C@H]3C(OC)C(OC)[C@@H](OC)O[C@@H]3COC)O[C@@H]2COC)C(OC)[C@@H](OC)[C@H]1O[C@@H]1OC(CN2C(=O)c3ccccc3C2=O)[C@H](O[C@H]2OC(COC(C)=O)[C@@H](O[C@H]3OC(COC(C)=O)[C@@H](OC(C)=O)C(OC(C)=O)C3OC(C)=O)C(OC(C)=O)C2OC(C)=O)[C@H](OC)C1OC. The van der Waals surface area contributed by atoms with Crippen molar-refractivity contribution in [3.05, 3.63) is 35.4 Å². The number of imide groups is 1. The molecule has 0 saturated carbocycles. The summed E-state index contributed by atoms with van der Waals surface area (Å²) in [5, 5.41) is 0. The van der Waals surface area contributed by atoms with Crippen LogP contribution in [0.3, 0.4) is 0 Å². The van der Waals surface area contributed by atoms with Gasteiger partial charge in [-0.2, -0.15) is 0 Å². The smallest absolute Gasteiger partial charge is 0.303 e. The lowest BCUT2D eigenvalue weighted by Crippen LogP contribution is -2.70. The van der Waals surface area contributed by atoms with E-state index in [0.717, 1.165) is 53.4 Å². The van der Waals surface area contributed by atoms with E-state index in [4.69, 9.17) is 142 Å². The number of benzene rings is 1. The van der Waals surface area contributed by atoms with Crippen LogP contribution in [0.2, 0.25) is 0 Å². The van der Waals surface area contributed by atoms with Gasteiger partial charge in [-0.05, 0) is 12.1 Å². The Kier molecular flexibility index (Phi) is 33.8. The first-order chi connectivity index (χ1) is 52.6. The standard InChI is InChI=1S/C70H103NO39/c1-30(72)93-28-43-49(95-32(3)74)55(96-33(4)75)61(98-35(6)77)70(104-43)110-50-44(29-94-31(2)73)105-69(62(99-36(7)78)56(50)97-34(5)76)106-45-39(24-71-63(79)37-22-20-21-23-38(37)64(71)80)100-66(58(89-16)51(45)84-11)107-47-41(26-82-9)102-68(59(90-17)53(47)86-13)109-48-42(27-83-10)103-67(60(91-18)54(48)87-14)108-46-40(25-81-8)101-65(92-19)57(88-15)52(46)85-12/h20-23,39-62,65-70H,24-29H2,1-19H3/t39?,40-,41?,42-,43?,44?,45+,46-,47+,48-,49-,50-,51+,52?,53+,54?,55?,56?,57?,58?,59?,60?,61?,62?,65+,66+,67-,68+,69-,70-/m1/s1. The maximum atomic E-state index is 14.5. The maximum Gasteiger partial charge on any atom is 0.303 e. The Morgan fingerprint density at radius 3 is 0.827 bits per heavy atom. The summed E-state index contributed by atoms with van der Waals surface area (Å²) in [6, 6.07) is 6.04. The van der Waals surface area contributed by atoms with Crippen molar-refractivity contribution in [2.45, 2.75) is 233 Å². The van der Waals surface area contributed by atoms with Crippen LogP contribution >= 0.6 is 0 Å². The minimum Gasteiger partial charge on any atom is -0.463 e. The second-order valence-corrected chi connectivity index (χ2v) is 26.2. The number of nitrogens with zero attached hydrogens (tertiary/aromatic N) is 1. The number of hydrogen-bond donors (Lipinski definition) is 0. The summed E-state index contributed by atoms with van der Waals surface area (Å²) in [5.74, 6) is -8.32. The molecule has 0 radical (unpaired) electrons. The molecule has 40 heteroatoms. The topological polar surface area (TPSA) is 434 Å². The Hall–Kier alpha value is -6.27. The molecule has 7 heterocycles. The number of esters is 7. The lowest BCUT2D eigenvalue weighted by atomic mass is 9.94. The highest BCUT2D eigenvalue weighted by molar-refractivity contribution is 6.21. The normalized spacial score (nSPS) is 37.2. The van der Waals surface area contributed by atoms with E-state index in [0.29, 0.717) is 0 Å². The van der Waals surface area contributed by atoms with Gasteiger partial charge >= 0.3 is 41.8 Å². The molecule has 30 atom stereocenters. The van der Waals surface area contributed by atoms with Gasteiger partial charge < -0.3 is 142 Å². The number of carbonyl (C=O) groups excluding carboxylic acids is 9. The van der Waals surface area contributed by atoms with E-state index >= 15 is 0 Å². The van der Waals surface area contributed by atoms with Gasteiger partial charge in [0, 0.05) is 134 Å². The Morgan fingerprint density at radius 1 is 0.282 bits per heavy atom. The minimum atomic E-state index is -2.04. The third-order valence-corrected chi connectivity index (χ3v) is 19.1. The Balaban J connectivity index is 1.16. The van der Waals surface area contributed by atoms with E-state index < -0.39 is 258 Å². The van der Waals surface area contributed by atoms with Gasteiger partial charge in [-0.15, -0.1) is 0 Å². The molecule has 0 aliphatic carbocycles. The maximum absolute atomic E-state index is 14.5. The summed E-state index contributed by atoms with van der Waals surface area (Å²) in [6.07, 6.45) is -42.3. The summed E-state index contributed by atoms with van der Waals surface area (Å²) >= 11 is 0. The number of methoxy groups -OCH3 is 12. The molecule has 14 unspecified atom stereocenters. The number of ether oxygens (including phenoxy) is 30. The quantitative estimate of drug-likeness (QED) is 0.0444. The number of hydrogen-bond acceptors (Lipinski definition) is 39. The fourth-order valence-electron chi connectivity index (χ4n) is 14.6. The van der Waals surface area contributed by atoms with Crippen LogP contribution in [0.1, 0.15) is 69.2 Å². The van der Waals surface area contributed by atoms with Crippen molar-refractivity contribution < 1.29 is 185 Å². The Labute approximate surface area is 634 Å².